The summed E-state index contributed by atoms with van der Waals surface area (Å²) in [5.74, 6) is 1.42. The number of hydrogen-bond donors (Lipinski definition) is 1. The zero-order valence-corrected chi connectivity index (χ0v) is 17.6. The van der Waals surface area contributed by atoms with Crippen LogP contribution >= 0.6 is 0 Å². The van der Waals surface area contributed by atoms with E-state index in [0.29, 0.717) is 12.5 Å². The summed E-state index contributed by atoms with van der Waals surface area (Å²) in [4.78, 5) is 19.3. The maximum atomic E-state index is 12.7. The predicted octanol–water partition coefficient (Wildman–Crippen LogP) is 4.04. The van der Waals surface area contributed by atoms with Crippen LogP contribution in [0.3, 0.4) is 0 Å². The van der Waals surface area contributed by atoms with Gasteiger partial charge in [0.05, 0.1) is 0 Å². The van der Waals surface area contributed by atoms with Crippen LogP contribution in [-0.2, 0) is 11.3 Å². The number of rotatable bonds is 5. The van der Waals surface area contributed by atoms with Gasteiger partial charge in [-0.25, -0.2) is 0 Å². The Balaban J connectivity index is 1.26. The Morgan fingerprint density at radius 1 is 1.13 bits per heavy atom. The van der Waals surface area contributed by atoms with Crippen LogP contribution in [0.4, 0.5) is 0 Å². The minimum atomic E-state index is -0.148. The Morgan fingerprint density at radius 2 is 1.90 bits per heavy atom. The number of piperidine rings is 1. The Labute approximate surface area is 178 Å². The molecule has 5 nitrogen and oxygen atoms in total. The topological polar surface area (TPSA) is 54.5 Å². The second kappa shape index (κ2) is 8.38. The third kappa shape index (κ3) is 4.22. The smallest absolute Gasteiger partial charge is 0.220 e. The van der Waals surface area contributed by atoms with E-state index >= 15 is 0 Å². The van der Waals surface area contributed by atoms with Gasteiger partial charge in [-0.2, -0.15) is 0 Å². The molecule has 2 aromatic rings. The van der Waals surface area contributed by atoms with Gasteiger partial charge in [0, 0.05) is 50.4 Å². The highest BCUT2D eigenvalue weighted by atomic mass is 16.5. The monoisotopic (exact) mass is 405 g/mol. The molecule has 3 heterocycles. The minimum Gasteiger partial charge on any atom is -0.487 e. The molecule has 2 aliphatic heterocycles. The van der Waals surface area contributed by atoms with Gasteiger partial charge in [0.1, 0.15) is 11.4 Å². The third-order valence-corrected chi connectivity index (χ3v) is 7.13. The molecule has 5 heteroatoms. The number of nitrogens with one attached hydrogen (secondary N) is 1. The van der Waals surface area contributed by atoms with E-state index in [2.05, 4.69) is 45.5 Å². The SMILES string of the molecule is O=C(CC1CC2(CCN(Cc3ccncc3)CC2)Oc2ccccc21)NC1CCC1. The molecule has 1 N–H and O–H groups in total. The van der Waals surface area contributed by atoms with E-state index in [4.69, 9.17) is 4.74 Å². The van der Waals surface area contributed by atoms with E-state index in [0.717, 1.165) is 57.5 Å². The summed E-state index contributed by atoms with van der Waals surface area (Å²) >= 11 is 0. The number of benzene rings is 1. The molecule has 0 bridgehead atoms. The van der Waals surface area contributed by atoms with Crippen molar-refractivity contribution in [1.29, 1.82) is 0 Å². The van der Waals surface area contributed by atoms with Crippen LogP contribution in [0.2, 0.25) is 0 Å². The van der Waals surface area contributed by atoms with Crippen LogP contribution in [0.25, 0.3) is 0 Å². The number of carbonyl (C=O) groups excluding carboxylic acids is 1. The zero-order chi connectivity index (χ0) is 20.4. The summed E-state index contributed by atoms with van der Waals surface area (Å²) in [6, 6.07) is 12.9. The Kier molecular flexibility index (Phi) is 5.47. The van der Waals surface area contributed by atoms with Crippen molar-refractivity contribution in [3.05, 3.63) is 59.9 Å². The number of para-hydroxylation sites is 1. The van der Waals surface area contributed by atoms with E-state index in [1.54, 1.807) is 0 Å². The number of fused-ring (bicyclic) bond motifs is 1. The van der Waals surface area contributed by atoms with Crippen LogP contribution in [0, 0.1) is 0 Å². The standard InChI is InChI=1S/C25H31N3O2/c29-24(27-21-4-3-5-21)16-20-17-25(30-23-7-2-1-6-22(20)23)10-14-28(15-11-25)18-19-8-12-26-13-9-19/h1-2,6-9,12-13,20-21H,3-5,10-11,14-18H2,(H,27,29). The van der Waals surface area contributed by atoms with Gasteiger partial charge in [-0.05, 0) is 67.9 Å². The van der Waals surface area contributed by atoms with E-state index in [1.807, 2.05) is 18.5 Å². The average molecular weight is 406 g/mol. The highest BCUT2D eigenvalue weighted by Gasteiger charge is 2.43. The molecule has 1 aromatic carbocycles. The van der Waals surface area contributed by atoms with Crippen molar-refractivity contribution in [1.82, 2.24) is 15.2 Å². The van der Waals surface area contributed by atoms with Gasteiger partial charge in [-0.1, -0.05) is 18.2 Å². The molecule has 3 aliphatic rings. The predicted molar refractivity (Wildman–Crippen MR) is 116 cm³/mol. The molecule has 1 amide bonds. The molecular weight excluding hydrogens is 374 g/mol. The third-order valence-electron chi connectivity index (χ3n) is 7.13. The number of amides is 1. The Morgan fingerprint density at radius 3 is 2.63 bits per heavy atom. The first-order valence-electron chi connectivity index (χ1n) is 11.4. The fourth-order valence-electron chi connectivity index (χ4n) is 5.16. The summed E-state index contributed by atoms with van der Waals surface area (Å²) in [5, 5.41) is 3.23. The highest BCUT2D eigenvalue weighted by Crippen LogP contribution is 2.46. The number of pyridine rings is 1. The molecule has 1 aliphatic carbocycles. The van der Waals surface area contributed by atoms with Crippen LogP contribution in [-0.4, -0.2) is 40.5 Å². The molecule has 1 atom stereocenters. The summed E-state index contributed by atoms with van der Waals surface area (Å²) in [7, 11) is 0. The summed E-state index contributed by atoms with van der Waals surface area (Å²) in [6.45, 7) is 3.00. The fourth-order valence-corrected chi connectivity index (χ4v) is 5.16. The molecule has 1 spiro atoms. The van der Waals surface area contributed by atoms with Crippen molar-refractivity contribution >= 4 is 5.91 Å². The maximum absolute atomic E-state index is 12.7. The lowest BCUT2D eigenvalue weighted by Crippen LogP contribution is -2.50. The molecule has 1 saturated heterocycles. The molecule has 158 valence electrons. The molecule has 0 radical (unpaired) electrons. The first-order valence-corrected chi connectivity index (χ1v) is 11.4. The number of ether oxygens (including phenoxy) is 1. The number of nitrogens with zero attached hydrogens (tertiary/aromatic N) is 2. The van der Waals surface area contributed by atoms with Gasteiger partial charge in [0.2, 0.25) is 5.91 Å². The lowest BCUT2D eigenvalue weighted by molar-refractivity contribution is -0.123. The van der Waals surface area contributed by atoms with Crippen molar-refractivity contribution in [2.45, 2.75) is 69.1 Å². The van der Waals surface area contributed by atoms with Gasteiger partial charge in [-0.15, -0.1) is 0 Å². The molecule has 30 heavy (non-hydrogen) atoms. The van der Waals surface area contributed by atoms with Gasteiger partial charge < -0.3 is 10.1 Å². The van der Waals surface area contributed by atoms with E-state index in [1.165, 1.54) is 17.5 Å². The van der Waals surface area contributed by atoms with Crippen LogP contribution in [0.15, 0.2) is 48.8 Å². The Bertz CT molecular complexity index is 873. The fraction of sp³-hybridized carbons (Fsp3) is 0.520. The molecule has 1 aromatic heterocycles. The van der Waals surface area contributed by atoms with Gasteiger partial charge in [0.15, 0.2) is 0 Å². The molecule has 1 unspecified atom stereocenters. The van der Waals surface area contributed by atoms with E-state index < -0.39 is 0 Å². The lowest BCUT2D eigenvalue weighted by atomic mass is 9.76. The first-order chi connectivity index (χ1) is 14.7. The number of aromatic nitrogens is 1. The maximum Gasteiger partial charge on any atom is 0.220 e. The normalized spacial score (nSPS) is 23.3. The Hall–Kier alpha value is -2.40. The number of carbonyl (C=O) groups is 1. The second-order valence-electron chi connectivity index (χ2n) is 9.26. The minimum absolute atomic E-state index is 0.148. The van der Waals surface area contributed by atoms with E-state index in [9.17, 15) is 4.79 Å². The van der Waals surface area contributed by atoms with E-state index in [-0.39, 0.29) is 17.4 Å². The molecule has 2 fully saturated rings. The summed E-state index contributed by atoms with van der Waals surface area (Å²) in [6.07, 6.45) is 10.7. The zero-order valence-electron chi connectivity index (χ0n) is 17.6. The van der Waals surface area contributed by atoms with Crippen molar-refractivity contribution in [2.75, 3.05) is 13.1 Å². The van der Waals surface area contributed by atoms with Gasteiger partial charge in [0.25, 0.3) is 0 Å². The van der Waals surface area contributed by atoms with Crippen LogP contribution in [0.5, 0.6) is 5.75 Å². The van der Waals surface area contributed by atoms with Crippen LogP contribution < -0.4 is 10.1 Å². The number of likely N-dealkylation sites (tertiary alicyclic amines) is 1. The van der Waals surface area contributed by atoms with Gasteiger partial charge >= 0.3 is 0 Å². The first kappa shape index (κ1) is 19.6. The van der Waals surface area contributed by atoms with Crippen molar-refractivity contribution in [3.63, 3.8) is 0 Å². The van der Waals surface area contributed by atoms with Crippen molar-refractivity contribution in [3.8, 4) is 5.75 Å². The molecular formula is C25H31N3O2. The largest absolute Gasteiger partial charge is 0.487 e. The summed E-state index contributed by atoms with van der Waals surface area (Å²) in [5.41, 5.74) is 2.36. The lowest BCUT2D eigenvalue weighted by Gasteiger charge is -2.47. The van der Waals surface area contributed by atoms with Crippen LogP contribution in [0.1, 0.15) is 62.0 Å². The van der Waals surface area contributed by atoms with Gasteiger partial charge in [-0.3, -0.25) is 14.7 Å². The average Bonchev–Trinajstić information content (AvgIpc) is 2.73. The molecule has 1 saturated carbocycles. The second-order valence-corrected chi connectivity index (χ2v) is 9.26. The summed E-state index contributed by atoms with van der Waals surface area (Å²) < 4.78 is 6.62. The quantitative estimate of drug-likeness (QED) is 0.816. The molecule has 5 rings (SSSR count). The highest BCUT2D eigenvalue weighted by molar-refractivity contribution is 5.77. The van der Waals surface area contributed by atoms with Crippen molar-refractivity contribution in [2.24, 2.45) is 0 Å². The number of hydrogen-bond acceptors (Lipinski definition) is 4. The van der Waals surface area contributed by atoms with Crippen molar-refractivity contribution < 1.29 is 9.53 Å².